The SMILES string of the molecule is CC12C[C@H](c3ccc(C(=O)N4CCCCC4)cc3)C3=C4CCC(=O)CC4CC[C@H]3[C@@H]1CC[C@@]2(O)C(F)(F)C(F)(F)F. The molecule has 41 heavy (non-hydrogen) atoms. The maximum absolute atomic E-state index is 15.2. The van der Waals surface area contributed by atoms with Crippen LogP contribution in [0.25, 0.3) is 0 Å². The summed E-state index contributed by atoms with van der Waals surface area (Å²) in [6, 6.07) is 7.08. The number of amides is 1. The maximum atomic E-state index is 15.2. The van der Waals surface area contributed by atoms with E-state index in [9.17, 15) is 27.9 Å². The minimum absolute atomic E-state index is 0.0464. The Morgan fingerprint density at radius 2 is 1.66 bits per heavy atom. The predicted molar refractivity (Wildman–Crippen MR) is 142 cm³/mol. The molecule has 0 bridgehead atoms. The molecule has 224 valence electrons. The molecule has 6 rings (SSSR count). The molecule has 9 heteroatoms. The first-order valence-electron chi connectivity index (χ1n) is 15.1. The van der Waals surface area contributed by atoms with Crippen molar-refractivity contribution in [2.45, 2.75) is 101 Å². The van der Waals surface area contributed by atoms with E-state index in [0.717, 1.165) is 30.4 Å². The molecular formula is C32H38F5NO3. The summed E-state index contributed by atoms with van der Waals surface area (Å²) in [6.45, 7) is 2.84. The van der Waals surface area contributed by atoms with Gasteiger partial charge < -0.3 is 10.0 Å². The van der Waals surface area contributed by atoms with E-state index < -0.39 is 41.4 Å². The fraction of sp³-hybridized carbons (Fsp3) is 0.688. The van der Waals surface area contributed by atoms with E-state index in [1.807, 2.05) is 17.0 Å². The summed E-state index contributed by atoms with van der Waals surface area (Å²) in [5.74, 6) is -6.26. The summed E-state index contributed by atoms with van der Waals surface area (Å²) in [5.41, 5.74) is -1.36. The van der Waals surface area contributed by atoms with Crippen molar-refractivity contribution in [3.8, 4) is 0 Å². The summed E-state index contributed by atoms with van der Waals surface area (Å²) < 4.78 is 71.6. The number of aliphatic hydroxyl groups is 1. The fourth-order valence-electron chi connectivity index (χ4n) is 9.27. The van der Waals surface area contributed by atoms with Gasteiger partial charge in [-0.3, -0.25) is 9.59 Å². The normalized spacial score (nSPS) is 36.1. The van der Waals surface area contributed by atoms with Gasteiger partial charge in [-0.05, 0) is 93.2 Å². The highest BCUT2D eigenvalue weighted by Crippen LogP contribution is 2.70. The van der Waals surface area contributed by atoms with Gasteiger partial charge >= 0.3 is 12.1 Å². The molecule has 2 unspecified atom stereocenters. The summed E-state index contributed by atoms with van der Waals surface area (Å²) in [6.07, 6.45) is -0.677. The molecule has 1 aliphatic heterocycles. The van der Waals surface area contributed by atoms with Crippen molar-refractivity contribution in [3.63, 3.8) is 0 Å². The van der Waals surface area contributed by atoms with Crippen LogP contribution in [0.3, 0.4) is 0 Å². The van der Waals surface area contributed by atoms with Crippen LogP contribution in [0, 0.1) is 23.2 Å². The molecule has 4 nitrogen and oxygen atoms in total. The van der Waals surface area contributed by atoms with Crippen LogP contribution in [0.2, 0.25) is 0 Å². The minimum Gasteiger partial charge on any atom is -0.383 e. The van der Waals surface area contributed by atoms with Gasteiger partial charge in [-0.15, -0.1) is 0 Å². The number of halogens is 5. The Morgan fingerprint density at radius 3 is 2.32 bits per heavy atom. The number of piperidine rings is 1. The second kappa shape index (κ2) is 9.88. The van der Waals surface area contributed by atoms with Gasteiger partial charge in [0.1, 0.15) is 11.4 Å². The number of benzene rings is 1. The highest BCUT2D eigenvalue weighted by atomic mass is 19.4. The van der Waals surface area contributed by atoms with E-state index in [1.165, 1.54) is 12.5 Å². The number of allylic oxidation sites excluding steroid dienone is 2. The summed E-state index contributed by atoms with van der Waals surface area (Å²) in [5, 5.41) is 11.4. The molecule has 1 aromatic rings. The smallest absolute Gasteiger partial charge is 0.383 e. The largest absolute Gasteiger partial charge is 0.456 e. The third kappa shape index (κ3) is 4.30. The predicted octanol–water partition coefficient (Wildman–Crippen LogP) is 7.22. The third-order valence-corrected chi connectivity index (χ3v) is 11.4. The zero-order chi connectivity index (χ0) is 29.4. The molecule has 1 N–H and O–H groups in total. The number of fused-ring (bicyclic) bond motifs is 4. The highest BCUT2D eigenvalue weighted by molar-refractivity contribution is 5.94. The van der Waals surface area contributed by atoms with Crippen LogP contribution in [0.4, 0.5) is 22.0 Å². The van der Waals surface area contributed by atoms with Crippen LogP contribution in [-0.4, -0.2) is 52.5 Å². The number of hydrogen-bond acceptors (Lipinski definition) is 3. The first-order chi connectivity index (χ1) is 19.3. The lowest BCUT2D eigenvalue weighted by atomic mass is 9.49. The molecule has 4 aliphatic carbocycles. The number of carbonyl (C=O) groups is 2. The van der Waals surface area contributed by atoms with Crippen molar-refractivity contribution < 1.29 is 36.6 Å². The lowest BCUT2D eigenvalue weighted by molar-refractivity contribution is -0.362. The van der Waals surface area contributed by atoms with Gasteiger partial charge in [0.25, 0.3) is 5.91 Å². The lowest BCUT2D eigenvalue weighted by Gasteiger charge is -2.56. The average Bonchev–Trinajstić information content (AvgIpc) is 3.23. The molecule has 0 spiro atoms. The Hall–Kier alpha value is -2.29. The van der Waals surface area contributed by atoms with Crippen LogP contribution in [0.5, 0.6) is 0 Å². The molecule has 5 aliphatic rings. The van der Waals surface area contributed by atoms with Gasteiger partial charge in [-0.1, -0.05) is 30.2 Å². The van der Waals surface area contributed by atoms with Crippen LogP contribution in [0.15, 0.2) is 35.4 Å². The number of nitrogens with zero attached hydrogens (tertiary/aromatic N) is 1. The molecule has 6 atom stereocenters. The molecular weight excluding hydrogens is 541 g/mol. The van der Waals surface area contributed by atoms with Crippen LogP contribution in [-0.2, 0) is 4.79 Å². The first-order valence-corrected chi connectivity index (χ1v) is 15.1. The molecule has 0 radical (unpaired) electrons. The van der Waals surface area contributed by atoms with Gasteiger partial charge in [0.05, 0.1) is 0 Å². The van der Waals surface area contributed by atoms with Crippen molar-refractivity contribution >= 4 is 11.7 Å². The summed E-state index contributed by atoms with van der Waals surface area (Å²) in [7, 11) is 0. The molecule has 1 aromatic carbocycles. The molecule has 1 amide bonds. The zero-order valence-electron chi connectivity index (χ0n) is 23.4. The van der Waals surface area contributed by atoms with Gasteiger partial charge in [0.15, 0.2) is 0 Å². The number of alkyl halides is 5. The molecule has 4 fully saturated rings. The Balaban J connectivity index is 1.42. The number of carbonyl (C=O) groups excluding carboxylic acids is 2. The highest BCUT2D eigenvalue weighted by Gasteiger charge is 2.79. The topological polar surface area (TPSA) is 57.6 Å². The molecule has 0 aromatic heterocycles. The fourth-order valence-corrected chi connectivity index (χ4v) is 9.27. The van der Waals surface area contributed by atoms with Crippen LogP contribution < -0.4 is 0 Å². The first kappa shape index (κ1) is 28.8. The molecule has 3 saturated carbocycles. The van der Waals surface area contributed by atoms with E-state index in [0.29, 0.717) is 50.8 Å². The summed E-state index contributed by atoms with van der Waals surface area (Å²) in [4.78, 5) is 27.2. The van der Waals surface area contributed by atoms with Crippen molar-refractivity contribution in [3.05, 3.63) is 46.5 Å². The van der Waals surface area contributed by atoms with Crippen molar-refractivity contribution in [1.29, 1.82) is 0 Å². The number of Topliss-reactive ketones (excluding diaryl/α,β-unsaturated/α-hetero) is 1. The number of hydrogen-bond donors (Lipinski definition) is 1. The zero-order valence-corrected chi connectivity index (χ0v) is 23.4. The summed E-state index contributed by atoms with van der Waals surface area (Å²) >= 11 is 0. The number of ketones is 1. The maximum Gasteiger partial charge on any atom is 0.456 e. The quantitative estimate of drug-likeness (QED) is 0.304. The number of rotatable bonds is 3. The lowest BCUT2D eigenvalue weighted by Crippen LogP contribution is -2.65. The van der Waals surface area contributed by atoms with Crippen LogP contribution in [0.1, 0.15) is 99.4 Å². The monoisotopic (exact) mass is 579 g/mol. The van der Waals surface area contributed by atoms with Gasteiger partial charge in [-0.2, -0.15) is 22.0 Å². The van der Waals surface area contributed by atoms with E-state index in [2.05, 4.69) is 0 Å². The van der Waals surface area contributed by atoms with Crippen molar-refractivity contribution in [1.82, 2.24) is 4.90 Å². The van der Waals surface area contributed by atoms with Gasteiger partial charge in [-0.25, -0.2) is 0 Å². The van der Waals surface area contributed by atoms with E-state index in [-0.39, 0.29) is 36.4 Å². The second-order valence-electron chi connectivity index (χ2n) is 13.3. The molecule has 1 saturated heterocycles. The number of likely N-dealkylation sites (tertiary alicyclic amines) is 1. The molecule has 1 heterocycles. The Labute approximate surface area is 237 Å². The Kier molecular flexibility index (Phi) is 6.94. The average molecular weight is 580 g/mol. The van der Waals surface area contributed by atoms with E-state index in [4.69, 9.17) is 0 Å². The van der Waals surface area contributed by atoms with Gasteiger partial charge in [0, 0.05) is 42.8 Å². The van der Waals surface area contributed by atoms with Crippen molar-refractivity contribution in [2.75, 3.05) is 13.1 Å². The minimum atomic E-state index is -5.87. The second-order valence-corrected chi connectivity index (χ2v) is 13.3. The third-order valence-electron chi connectivity index (χ3n) is 11.4. The Morgan fingerprint density at radius 1 is 0.976 bits per heavy atom. The van der Waals surface area contributed by atoms with E-state index in [1.54, 1.807) is 12.1 Å². The van der Waals surface area contributed by atoms with Crippen molar-refractivity contribution in [2.24, 2.45) is 23.2 Å². The Bertz CT molecular complexity index is 1250. The van der Waals surface area contributed by atoms with Crippen LogP contribution >= 0.6 is 0 Å². The standard InChI is InChI=1S/C32H38F5NO3/c1-29-18-25(19-5-7-20(8-6-19)28(40)38-15-3-2-4-16-38)27-23-12-10-22(39)17-21(23)9-11-24(27)26(29)13-14-30(29,41)31(33,34)32(35,36)37/h5-8,21,24-26,41H,2-4,9-18H2,1H3/t21?,24-,25+,26-,29?,30-/m0/s1. The van der Waals surface area contributed by atoms with E-state index >= 15 is 8.78 Å². The van der Waals surface area contributed by atoms with Gasteiger partial charge in [0.2, 0.25) is 0 Å².